The summed E-state index contributed by atoms with van der Waals surface area (Å²) >= 11 is 0. The number of allylic oxidation sites excluding steroid dienone is 1. The van der Waals surface area contributed by atoms with Gasteiger partial charge in [0.1, 0.15) is 11.7 Å². The minimum Gasteiger partial charge on any atom is -0.294 e. The predicted molar refractivity (Wildman–Crippen MR) is 185 cm³/mol. The summed E-state index contributed by atoms with van der Waals surface area (Å²) in [5.74, 6) is 1.15. The second-order valence-corrected chi connectivity index (χ2v) is 11.1. The average molecular weight is 566 g/mol. The van der Waals surface area contributed by atoms with Crippen molar-refractivity contribution in [3.63, 3.8) is 0 Å². The molecule has 0 radical (unpaired) electrons. The molecule has 44 heavy (non-hydrogen) atoms. The number of para-hydroxylation sites is 6. The molecule has 3 heterocycles. The number of fused-ring (bicyclic) bond motifs is 9. The highest BCUT2D eigenvalue weighted by Gasteiger charge is 2.19. The Labute approximate surface area is 253 Å². The highest BCUT2D eigenvalue weighted by molar-refractivity contribution is 6.17. The Kier molecular flexibility index (Phi) is 5.28. The van der Waals surface area contributed by atoms with E-state index < -0.39 is 0 Å². The lowest BCUT2D eigenvalue weighted by Crippen LogP contribution is -2.20. The van der Waals surface area contributed by atoms with Crippen molar-refractivity contribution in [3.05, 3.63) is 152 Å². The zero-order valence-corrected chi connectivity index (χ0v) is 23.8. The molecular formula is C39H27N5. The van der Waals surface area contributed by atoms with Gasteiger partial charge in [-0.2, -0.15) is 0 Å². The number of hydrogen-bond acceptors (Lipinski definition) is 2. The van der Waals surface area contributed by atoms with E-state index in [4.69, 9.17) is 0 Å². The SMILES string of the molecule is N=C(/C=C(\Nn1c2ccccc2c2ccccc21)n1c2ccccc2c2ccccc21)n1c2ccccc2c2ccccc21. The summed E-state index contributed by atoms with van der Waals surface area (Å²) in [5, 5.41) is 16.6. The molecule has 0 fully saturated rings. The van der Waals surface area contributed by atoms with Crippen LogP contribution in [0.15, 0.2) is 152 Å². The molecule has 9 aromatic rings. The van der Waals surface area contributed by atoms with Crippen LogP contribution in [0.1, 0.15) is 0 Å². The van der Waals surface area contributed by atoms with E-state index in [9.17, 15) is 5.41 Å². The van der Waals surface area contributed by atoms with Gasteiger partial charge in [0.15, 0.2) is 0 Å². The van der Waals surface area contributed by atoms with Crippen molar-refractivity contribution in [2.75, 3.05) is 5.43 Å². The Morgan fingerprint density at radius 1 is 0.409 bits per heavy atom. The van der Waals surface area contributed by atoms with E-state index in [0.717, 1.165) is 49.7 Å². The molecule has 6 aromatic carbocycles. The largest absolute Gasteiger partial charge is 0.294 e. The molecule has 5 heteroatoms. The van der Waals surface area contributed by atoms with E-state index in [1.54, 1.807) is 0 Å². The molecule has 0 atom stereocenters. The van der Waals surface area contributed by atoms with Crippen LogP contribution in [0.5, 0.6) is 0 Å². The summed E-state index contributed by atoms with van der Waals surface area (Å²) in [4.78, 5) is 0. The Bertz CT molecular complexity index is 2450. The maximum atomic E-state index is 9.64. The minimum absolute atomic E-state index is 0.368. The third kappa shape index (κ3) is 3.50. The maximum absolute atomic E-state index is 9.64. The van der Waals surface area contributed by atoms with Crippen molar-refractivity contribution in [1.82, 2.24) is 13.8 Å². The maximum Gasteiger partial charge on any atom is 0.134 e. The fourth-order valence-electron chi connectivity index (χ4n) is 6.86. The molecule has 0 amide bonds. The first-order valence-electron chi connectivity index (χ1n) is 14.8. The van der Waals surface area contributed by atoms with Gasteiger partial charge >= 0.3 is 0 Å². The van der Waals surface area contributed by atoms with Crippen molar-refractivity contribution < 1.29 is 0 Å². The number of aromatic nitrogens is 3. The predicted octanol–water partition coefficient (Wildman–Crippen LogP) is 9.58. The van der Waals surface area contributed by atoms with Gasteiger partial charge in [0.05, 0.1) is 33.1 Å². The lowest BCUT2D eigenvalue weighted by molar-refractivity contribution is 1.01. The number of rotatable bonds is 4. The van der Waals surface area contributed by atoms with Crippen molar-refractivity contribution in [3.8, 4) is 0 Å². The molecule has 3 aromatic heterocycles. The van der Waals surface area contributed by atoms with E-state index in [1.807, 2.05) is 22.8 Å². The van der Waals surface area contributed by atoms with Crippen LogP contribution in [0.2, 0.25) is 0 Å². The van der Waals surface area contributed by atoms with Crippen LogP contribution in [0.4, 0.5) is 0 Å². The normalized spacial score (nSPS) is 12.3. The van der Waals surface area contributed by atoms with Crippen LogP contribution in [-0.2, 0) is 0 Å². The van der Waals surface area contributed by atoms with Gasteiger partial charge in [-0.1, -0.05) is 109 Å². The molecule has 9 rings (SSSR count). The molecule has 0 saturated carbocycles. The Balaban J connectivity index is 1.35. The summed E-state index contributed by atoms with van der Waals surface area (Å²) in [6, 6.07) is 50.6. The molecule has 0 bridgehead atoms. The second kappa shape index (κ2) is 9.48. The Morgan fingerprint density at radius 3 is 1.09 bits per heavy atom. The summed E-state index contributed by atoms with van der Waals surface area (Å²) in [6.07, 6.45) is 1.96. The van der Waals surface area contributed by atoms with Crippen LogP contribution in [-0.4, -0.2) is 19.6 Å². The first-order valence-corrected chi connectivity index (χ1v) is 14.8. The average Bonchev–Trinajstić information content (AvgIpc) is 3.71. The molecule has 0 aliphatic rings. The standard InChI is InChI=1S/C39H27N5/c40-38(42-32-19-7-1-13-26(32)27-14-2-8-20-33(27)42)25-39(43-34-21-9-3-15-28(34)29-16-4-10-22-35(29)43)41-44-36-23-11-5-17-30(36)31-18-6-12-24-37(31)44/h1-25,40-41H/b39-25+,40-38?. The fourth-order valence-corrected chi connectivity index (χ4v) is 6.86. The molecule has 2 N–H and O–H groups in total. The minimum atomic E-state index is 0.368. The molecule has 0 spiro atoms. The van der Waals surface area contributed by atoms with E-state index in [1.165, 1.54) is 21.5 Å². The molecule has 0 unspecified atom stereocenters. The molecular weight excluding hydrogens is 538 g/mol. The first-order chi connectivity index (χ1) is 21.8. The molecule has 0 saturated heterocycles. The van der Waals surface area contributed by atoms with Gasteiger partial charge < -0.3 is 0 Å². The third-order valence-corrected chi connectivity index (χ3v) is 8.72. The summed E-state index contributed by atoms with van der Waals surface area (Å²) in [5.41, 5.74) is 10.1. The highest BCUT2D eigenvalue weighted by Crippen LogP contribution is 2.34. The van der Waals surface area contributed by atoms with Crippen LogP contribution < -0.4 is 5.43 Å². The lowest BCUT2D eigenvalue weighted by atomic mass is 10.2. The number of benzene rings is 6. The zero-order valence-electron chi connectivity index (χ0n) is 23.8. The second-order valence-electron chi connectivity index (χ2n) is 11.1. The summed E-state index contributed by atoms with van der Waals surface area (Å²) < 4.78 is 6.45. The van der Waals surface area contributed by atoms with E-state index in [-0.39, 0.29) is 0 Å². The van der Waals surface area contributed by atoms with Gasteiger partial charge in [-0.15, -0.1) is 0 Å². The molecule has 0 aliphatic heterocycles. The monoisotopic (exact) mass is 565 g/mol. The lowest BCUT2D eigenvalue weighted by Gasteiger charge is -2.19. The number of hydrogen-bond donors (Lipinski definition) is 2. The summed E-state index contributed by atoms with van der Waals surface area (Å²) in [6.45, 7) is 0. The molecule has 0 aliphatic carbocycles. The smallest absolute Gasteiger partial charge is 0.134 e. The number of nitrogens with zero attached hydrogens (tertiary/aromatic N) is 3. The molecule has 5 nitrogen and oxygen atoms in total. The van der Waals surface area contributed by atoms with Gasteiger partial charge in [0, 0.05) is 38.4 Å². The van der Waals surface area contributed by atoms with Gasteiger partial charge in [-0.25, -0.2) is 0 Å². The quantitative estimate of drug-likeness (QED) is 0.162. The zero-order chi connectivity index (χ0) is 29.2. The molecule has 208 valence electrons. The van der Waals surface area contributed by atoms with Crippen LogP contribution in [0, 0.1) is 5.41 Å². The van der Waals surface area contributed by atoms with E-state index in [2.05, 4.69) is 148 Å². The van der Waals surface area contributed by atoms with Crippen LogP contribution in [0.3, 0.4) is 0 Å². The third-order valence-electron chi connectivity index (χ3n) is 8.72. The van der Waals surface area contributed by atoms with E-state index in [0.29, 0.717) is 5.84 Å². The van der Waals surface area contributed by atoms with Gasteiger partial charge in [-0.05, 0) is 36.4 Å². The first kappa shape index (κ1) is 24.5. The summed E-state index contributed by atoms with van der Waals surface area (Å²) in [7, 11) is 0. The highest BCUT2D eigenvalue weighted by atomic mass is 15.5. The fraction of sp³-hybridized carbons (Fsp3) is 0. The number of nitrogens with one attached hydrogen (secondary N) is 2. The van der Waals surface area contributed by atoms with Crippen molar-refractivity contribution in [1.29, 1.82) is 5.41 Å². The topological polar surface area (TPSA) is 50.7 Å². The van der Waals surface area contributed by atoms with Gasteiger partial charge in [0.2, 0.25) is 0 Å². The van der Waals surface area contributed by atoms with Crippen LogP contribution >= 0.6 is 0 Å². The van der Waals surface area contributed by atoms with Crippen molar-refractivity contribution in [2.45, 2.75) is 0 Å². The van der Waals surface area contributed by atoms with Crippen molar-refractivity contribution in [2.24, 2.45) is 0 Å². The Morgan fingerprint density at radius 2 is 0.705 bits per heavy atom. The van der Waals surface area contributed by atoms with Crippen molar-refractivity contribution >= 4 is 77.1 Å². The Hall–Kier alpha value is -6.07. The van der Waals surface area contributed by atoms with Crippen LogP contribution in [0.25, 0.3) is 71.2 Å². The van der Waals surface area contributed by atoms with E-state index >= 15 is 0 Å². The van der Waals surface area contributed by atoms with Gasteiger partial charge in [0.25, 0.3) is 0 Å². The van der Waals surface area contributed by atoms with Gasteiger partial charge in [-0.3, -0.25) is 24.6 Å².